The Morgan fingerprint density at radius 3 is 2.90 bits per heavy atom. The van der Waals surface area contributed by atoms with Gasteiger partial charge in [0.15, 0.2) is 5.75 Å². The Morgan fingerprint density at radius 2 is 2.25 bits per heavy atom. The first-order valence-electron chi connectivity index (χ1n) is 6.58. The Hall–Kier alpha value is -1.46. The summed E-state index contributed by atoms with van der Waals surface area (Å²) in [6, 6.07) is 8.76. The summed E-state index contributed by atoms with van der Waals surface area (Å²) in [5.41, 5.74) is 2.37. The topological polar surface area (TPSA) is 39.1 Å². The van der Waals surface area contributed by atoms with E-state index in [0.29, 0.717) is 0 Å². The number of hydrogen-bond donors (Lipinski definition) is 1. The molecule has 0 radical (unpaired) electrons. The normalized spacial score (nSPS) is 12.4. The third-order valence-electron chi connectivity index (χ3n) is 3.25. The van der Waals surface area contributed by atoms with Crippen molar-refractivity contribution in [2.75, 3.05) is 19.9 Å². The van der Waals surface area contributed by atoms with Crippen molar-refractivity contribution in [1.29, 1.82) is 0 Å². The molecule has 0 bridgehead atoms. The maximum Gasteiger partial charge on any atom is 0.161 e. The lowest BCUT2D eigenvalue weighted by Gasteiger charge is -2.17. The van der Waals surface area contributed by atoms with Crippen molar-refractivity contribution in [2.24, 2.45) is 7.05 Å². The number of aryl methyl sites for hydroxylation is 2. The maximum atomic E-state index is 5.39. The second-order valence-corrected chi connectivity index (χ2v) is 5.78. The highest BCUT2D eigenvalue weighted by Gasteiger charge is 2.19. The molecule has 5 heteroatoms. The van der Waals surface area contributed by atoms with Gasteiger partial charge in [-0.05, 0) is 26.1 Å². The lowest BCUT2D eigenvalue weighted by molar-refractivity contribution is 0.401. The third-order valence-corrected chi connectivity index (χ3v) is 4.34. The van der Waals surface area contributed by atoms with Gasteiger partial charge in [0.1, 0.15) is 0 Å². The fraction of sp³-hybridized carbons (Fsp3) is 0.400. The largest absolute Gasteiger partial charge is 0.493 e. The van der Waals surface area contributed by atoms with E-state index in [2.05, 4.69) is 41.6 Å². The van der Waals surface area contributed by atoms with Crippen molar-refractivity contribution in [2.45, 2.75) is 17.9 Å². The van der Waals surface area contributed by atoms with E-state index in [1.807, 2.05) is 30.5 Å². The smallest absolute Gasteiger partial charge is 0.161 e. The zero-order valence-corrected chi connectivity index (χ0v) is 13.2. The molecule has 2 rings (SSSR count). The summed E-state index contributed by atoms with van der Waals surface area (Å²) in [7, 11) is 5.59. The van der Waals surface area contributed by atoms with Crippen LogP contribution in [0.3, 0.4) is 0 Å². The van der Waals surface area contributed by atoms with Crippen LogP contribution < -0.4 is 10.1 Å². The summed E-state index contributed by atoms with van der Waals surface area (Å²) >= 11 is 1.83. The van der Waals surface area contributed by atoms with Crippen LogP contribution in [0.5, 0.6) is 5.75 Å². The van der Waals surface area contributed by atoms with Crippen molar-refractivity contribution < 1.29 is 4.74 Å². The molecule has 0 aliphatic carbocycles. The van der Waals surface area contributed by atoms with Crippen LogP contribution in [0.25, 0.3) is 0 Å². The van der Waals surface area contributed by atoms with E-state index in [1.54, 1.807) is 13.3 Å². The highest BCUT2D eigenvalue weighted by molar-refractivity contribution is 7.99. The number of rotatable bonds is 6. The van der Waals surface area contributed by atoms with Gasteiger partial charge in [0, 0.05) is 17.7 Å². The molecule has 1 N–H and O–H groups in total. The molecule has 1 aromatic carbocycles. The summed E-state index contributed by atoms with van der Waals surface area (Å²) in [4.78, 5) is 1.28. The summed E-state index contributed by atoms with van der Waals surface area (Å²) in [5, 5.41) is 7.61. The molecule has 0 amide bonds. The number of aromatic nitrogens is 2. The molecule has 1 heterocycles. The van der Waals surface area contributed by atoms with Gasteiger partial charge in [0.2, 0.25) is 0 Å². The minimum atomic E-state index is 0.197. The average Bonchev–Trinajstić information content (AvgIpc) is 2.81. The molecule has 20 heavy (non-hydrogen) atoms. The minimum Gasteiger partial charge on any atom is -0.493 e. The summed E-state index contributed by atoms with van der Waals surface area (Å²) in [6.07, 6.45) is 1.76. The van der Waals surface area contributed by atoms with E-state index in [0.717, 1.165) is 17.2 Å². The molecule has 4 nitrogen and oxygen atoms in total. The maximum absolute atomic E-state index is 5.39. The fourth-order valence-electron chi connectivity index (χ4n) is 2.17. The van der Waals surface area contributed by atoms with Gasteiger partial charge < -0.3 is 10.1 Å². The first kappa shape index (κ1) is 14.9. The summed E-state index contributed by atoms with van der Waals surface area (Å²) in [6.45, 7) is 2.11. The molecule has 0 spiro atoms. The van der Waals surface area contributed by atoms with Gasteiger partial charge in [0.05, 0.1) is 25.0 Å². The second kappa shape index (κ2) is 6.81. The van der Waals surface area contributed by atoms with E-state index in [-0.39, 0.29) is 6.04 Å². The van der Waals surface area contributed by atoms with Crippen molar-refractivity contribution in [3.05, 3.63) is 41.7 Å². The van der Waals surface area contributed by atoms with E-state index in [9.17, 15) is 0 Å². The lowest BCUT2D eigenvalue weighted by Crippen LogP contribution is -2.22. The number of nitrogens with one attached hydrogen (secondary N) is 1. The van der Waals surface area contributed by atoms with Crippen molar-refractivity contribution in [3.8, 4) is 5.75 Å². The zero-order chi connectivity index (χ0) is 14.5. The SMILES string of the molecule is CNC(CSc1cccc(C)c1)c1c(OC)cnn1C. The van der Waals surface area contributed by atoms with Gasteiger partial charge >= 0.3 is 0 Å². The van der Waals surface area contributed by atoms with Gasteiger partial charge in [-0.3, -0.25) is 4.68 Å². The molecule has 0 aliphatic heterocycles. The molecule has 0 saturated heterocycles. The van der Waals surface area contributed by atoms with Gasteiger partial charge in [-0.1, -0.05) is 17.7 Å². The minimum absolute atomic E-state index is 0.197. The highest BCUT2D eigenvalue weighted by Crippen LogP contribution is 2.29. The van der Waals surface area contributed by atoms with Crippen molar-refractivity contribution in [1.82, 2.24) is 15.1 Å². The van der Waals surface area contributed by atoms with Crippen LogP contribution in [0.4, 0.5) is 0 Å². The molecule has 1 atom stereocenters. The predicted octanol–water partition coefficient (Wildman–Crippen LogP) is 2.79. The number of benzene rings is 1. The molecular formula is C15H21N3OS. The van der Waals surface area contributed by atoms with Gasteiger partial charge in [-0.2, -0.15) is 5.10 Å². The van der Waals surface area contributed by atoms with Crippen LogP contribution in [0.1, 0.15) is 17.3 Å². The van der Waals surface area contributed by atoms with Gasteiger partial charge in [0.25, 0.3) is 0 Å². The van der Waals surface area contributed by atoms with Crippen molar-refractivity contribution in [3.63, 3.8) is 0 Å². The third kappa shape index (κ3) is 3.35. The van der Waals surface area contributed by atoms with Gasteiger partial charge in [-0.15, -0.1) is 11.8 Å². The monoisotopic (exact) mass is 291 g/mol. The van der Waals surface area contributed by atoms with Crippen LogP contribution in [-0.4, -0.2) is 29.7 Å². The van der Waals surface area contributed by atoms with Crippen LogP contribution in [0.15, 0.2) is 35.4 Å². The van der Waals surface area contributed by atoms with Crippen molar-refractivity contribution >= 4 is 11.8 Å². The zero-order valence-electron chi connectivity index (χ0n) is 12.4. The van der Waals surface area contributed by atoms with E-state index < -0.39 is 0 Å². The van der Waals surface area contributed by atoms with Crippen LogP contribution in [0.2, 0.25) is 0 Å². The standard InChI is InChI=1S/C15H21N3OS/c1-11-6-5-7-12(8-11)20-10-13(16-2)15-14(19-4)9-17-18(15)3/h5-9,13,16H,10H2,1-4H3. The Labute approximate surface area is 124 Å². The molecule has 0 fully saturated rings. The first-order chi connectivity index (χ1) is 9.65. The van der Waals surface area contributed by atoms with Gasteiger partial charge in [-0.25, -0.2) is 0 Å². The molecular weight excluding hydrogens is 270 g/mol. The van der Waals surface area contributed by atoms with E-state index in [4.69, 9.17) is 4.74 Å². The van der Waals surface area contributed by atoms with E-state index >= 15 is 0 Å². The summed E-state index contributed by atoms with van der Waals surface area (Å²) in [5.74, 6) is 1.76. The Bertz CT molecular complexity index is 568. The first-order valence-corrected chi connectivity index (χ1v) is 7.57. The van der Waals surface area contributed by atoms with Crippen LogP contribution >= 0.6 is 11.8 Å². The quantitative estimate of drug-likeness (QED) is 0.831. The molecule has 0 aliphatic rings. The Kier molecular flexibility index (Phi) is 5.09. The highest BCUT2D eigenvalue weighted by atomic mass is 32.2. The fourth-order valence-corrected chi connectivity index (χ4v) is 3.29. The molecule has 0 saturated carbocycles. The molecule has 1 unspecified atom stereocenters. The Morgan fingerprint density at radius 1 is 1.45 bits per heavy atom. The number of ether oxygens (including phenoxy) is 1. The van der Waals surface area contributed by atoms with Crippen LogP contribution in [-0.2, 0) is 7.05 Å². The molecule has 1 aromatic heterocycles. The molecule has 2 aromatic rings. The van der Waals surface area contributed by atoms with Crippen LogP contribution in [0, 0.1) is 6.92 Å². The average molecular weight is 291 g/mol. The summed E-state index contributed by atoms with van der Waals surface area (Å²) < 4.78 is 7.26. The second-order valence-electron chi connectivity index (χ2n) is 4.69. The predicted molar refractivity (Wildman–Crippen MR) is 83.5 cm³/mol. The number of methoxy groups -OCH3 is 1. The number of thioether (sulfide) groups is 1. The molecule has 108 valence electrons. The Balaban J connectivity index is 2.11. The number of nitrogens with zero attached hydrogens (tertiary/aromatic N) is 2. The van der Waals surface area contributed by atoms with E-state index in [1.165, 1.54) is 10.5 Å². The number of hydrogen-bond acceptors (Lipinski definition) is 4. The lowest BCUT2D eigenvalue weighted by atomic mass is 10.2.